The van der Waals surface area contributed by atoms with Gasteiger partial charge in [0.05, 0.1) is 0 Å². The first-order valence-electron chi connectivity index (χ1n) is 6.18. The van der Waals surface area contributed by atoms with E-state index in [0.29, 0.717) is 4.99 Å². The number of para-hydroxylation sites is 1. The van der Waals surface area contributed by atoms with Crippen molar-refractivity contribution in [3.05, 3.63) is 50.7 Å². The number of thiophene rings is 1. The number of hydrogen-bond acceptors (Lipinski definition) is 3. The highest BCUT2D eigenvalue weighted by Crippen LogP contribution is 2.24. The maximum atomic E-state index is 5.77. The summed E-state index contributed by atoms with van der Waals surface area (Å²) in [7, 11) is 0. The molecule has 1 aromatic heterocycles. The van der Waals surface area contributed by atoms with Crippen molar-refractivity contribution in [2.45, 2.75) is 27.3 Å². The molecule has 0 radical (unpaired) electrons. The molecule has 100 valence electrons. The highest BCUT2D eigenvalue weighted by atomic mass is 32.1. The monoisotopic (exact) mass is 290 g/mol. The molecule has 2 nitrogen and oxygen atoms in total. The van der Waals surface area contributed by atoms with Gasteiger partial charge in [0.25, 0.3) is 0 Å². The number of anilines is 1. The van der Waals surface area contributed by atoms with Gasteiger partial charge in [-0.1, -0.05) is 24.4 Å². The fraction of sp³-hybridized carbons (Fsp3) is 0.267. The molecular formula is C15H18N2S2. The highest BCUT2D eigenvalue weighted by molar-refractivity contribution is 7.80. The van der Waals surface area contributed by atoms with Crippen LogP contribution in [-0.2, 0) is 6.54 Å². The van der Waals surface area contributed by atoms with Crippen molar-refractivity contribution in [3.63, 3.8) is 0 Å². The van der Waals surface area contributed by atoms with E-state index in [1.54, 1.807) is 0 Å². The van der Waals surface area contributed by atoms with Crippen molar-refractivity contribution >= 4 is 34.2 Å². The minimum absolute atomic E-state index is 0.435. The second kappa shape index (κ2) is 5.72. The van der Waals surface area contributed by atoms with Crippen LogP contribution in [0.15, 0.2) is 24.3 Å². The zero-order valence-electron chi connectivity index (χ0n) is 11.4. The van der Waals surface area contributed by atoms with E-state index in [9.17, 15) is 0 Å². The summed E-state index contributed by atoms with van der Waals surface area (Å²) in [6.07, 6.45) is 0. The van der Waals surface area contributed by atoms with Crippen LogP contribution < -0.4 is 11.1 Å². The van der Waals surface area contributed by atoms with Gasteiger partial charge in [-0.15, -0.1) is 11.3 Å². The summed E-state index contributed by atoms with van der Waals surface area (Å²) < 4.78 is 0. The first-order chi connectivity index (χ1) is 8.99. The molecule has 2 aromatic rings. The largest absolute Gasteiger partial charge is 0.389 e. The molecule has 0 amide bonds. The molecule has 4 heteroatoms. The van der Waals surface area contributed by atoms with Crippen LogP contribution in [0.5, 0.6) is 0 Å². The van der Waals surface area contributed by atoms with Crippen molar-refractivity contribution in [1.82, 2.24) is 0 Å². The Morgan fingerprint density at radius 2 is 2.00 bits per heavy atom. The van der Waals surface area contributed by atoms with Gasteiger partial charge in [-0.2, -0.15) is 0 Å². The molecule has 0 saturated carbocycles. The van der Waals surface area contributed by atoms with E-state index >= 15 is 0 Å². The van der Waals surface area contributed by atoms with Gasteiger partial charge in [0.15, 0.2) is 0 Å². The SMILES string of the molecule is Cc1cc(CNc2c(C)cccc2C(N)=S)sc1C. The van der Waals surface area contributed by atoms with E-state index in [4.69, 9.17) is 18.0 Å². The van der Waals surface area contributed by atoms with Crippen molar-refractivity contribution < 1.29 is 0 Å². The van der Waals surface area contributed by atoms with Crippen LogP contribution in [0.2, 0.25) is 0 Å². The fourth-order valence-corrected chi connectivity index (χ4v) is 3.18. The fourth-order valence-electron chi connectivity index (χ4n) is 2.02. The van der Waals surface area contributed by atoms with Gasteiger partial charge in [0.2, 0.25) is 0 Å². The first kappa shape index (κ1) is 14.0. The third-order valence-electron chi connectivity index (χ3n) is 3.19. The average molecular weight is 290 g/mol. The molecule has 0 aliphatic rings. The maximum absolute atomic E-state index is 5.77. The van der Waals surface area contributed by atoms with Gasteiger partial charge < -0.3 is 11.1 Å². The quantitative estimate of drug-likeness (QED) is 0.838. The minimum Gasteiger partial charge on any atom is -0.389 e. The summed E-state index contributed by atoms with van der Waals surface area (Å²) in [6.45, 7) is 7.16. The van der Waals surface area contributed by atoms with E-state index in [2.05, 4.69) is 38.2 Å². The second-order valence-electron chi connectivity index (χ2n) is 4.67. The lowest BCUT2D eigenvalue weighted by molar-refractivity contribution is 1.17. The second-order valence-corrected chi connectivity index (χ2v) is 6.45. The molecule has 1 aromatic carbocycles. The summed E-state index contributed by atoms with van der Waals surface area (Å²) in [6, 6.07) is 8.23. The normalized spacial score (nSPS) is 10.5. The van der Waals surface area contributed by atoms with Crippen LogP contribution >= 0.6 is 23.6 Å². The molecule has 0 saturated heterocycles. The van der Waals surface area contributed by atoms with Gasteiger partial charge in [0, 0.05) is 27.5 Å². The van der Waals surface area contributed by atoms with E-state index in [0.717, 1.165) is 23.4 Å². The molecule has 3 N–H and O–H groups in total. The Hall–Kier alpha value is -1.39. The van der Waals surface area contributed by atoms with Crippen LogP contribution in [0.4, 0.5) is 5.69 Å². The number of hydrogen-bond donors (Lipinski definition) is 2. The number of benzene rings is 1. The molecule has 0 fully saturated rings. The van der Waals surface area contributed by atoms with Crippen LogP contribution in [0, 0.1) is 20.8 Å². The van der Waals surface area contributed by atoms with E-state index < -0.39 is 0 Å². The molecule has 19 heavy (non-hydrogen) atoms. The Morgan fingerprint density at radius 1 is 1.26 bits per heavy atom. The molecule has 0 bridgehead atoms. The zero-order valence-corrected chi connectivity index (χ0v) is 13.0. The van der Waals surface area contributed by atoms with Gasteiger partial charge in [-0.3, -0.25) is 0 Å². The van der Waals surface area contributed by atoms with Crippen molar-refractivity contribution in [2.75, 3.05) is 5.32 Å². The Bertz CT molecular complexity index is 595. The molecular weight excluding hydrogens is 272 g/mol. The van der Waals surface area contributed by atoms with Crippen LogP contribution in [0.3, 0.4) is 0 Å². The van der Waals surface area contributed by atoms with Crippen LogP contribution in [0.1, 0.15) is 26.4 Å². The third-order valence-corrected chi connectivity index (χ3v) is 4.57. The van der Waals surface area contributed by atoms with Gasteiger partial charge in [-0.25, -0.2) is 0 Å². The first-order valence-corrected chi connectivity index (χ1v) is 7.40. The highest BCUT2D eigenvalue weighted by Gasteiger charge is 2.08. The maximum Gasteiger partial charge on any atom is 0.106 e. The third kappa shape index (κ3) is 3.14. The Labute approximate surface area is 123 Å². The van der Waals surface area contributed by atoms with Gasteiger partial charge in [0.1, 0.15) is 4.99 Å². The predicted octanol–water partition coefficient (Wildman–Crippen LogP) is 3.92. The average Bonchev–Trinajstić information content (AvgIpc) is 2.67. The number of aryl methyl sites for hydroxylation is 3. The number of nitrogens with two attached hydrogens (primary N) is 1. The summed E-state index contributed by atoms with van der Waals surface area (Å²) >= 11 is 6.93. The number of thiocarbonyl (C=S) groups is 1. The van der Waals surface area contributed by atoms with E-state index in [1.165, 1.54) is 15.3 Å². The number of rotatable bonds is 4. The smallest absolute Gasteiger partial charge is 0.106 e. The summed E-state index contributed by atoms with van der Waals surface area (Å²) in [5, 5.41) is 3.46. The Kier molecular flexibility index (Phi) is 4.22. The molecule has 0 aliphatic carbocycles. The van der Waals surface area contributed by atoms with Crippen LogP contribution in [0.25, 0.3) is 0 Å². The molecule has 0 atom stereocenters. The van der Waals surface area contributed by atoms with Crippen molar-refractivity contribution in [3.8, 4) is 0 Å². The lowest BCUT2D eigenvalue weighted by atomic mass is 10.1. The van der Waals surface area contributed by atoms with Gasteiger partial charge in [-0.05, 0) is 44.0 Å². The molecule has 2 rings (SSSR count). The van der Waals surface area contributed by atoms with Crippen molar-refractivity contribution in [2.24, 2.45) is 5.73 Å². The van der Waals surface area contributed by atoms with E-state index in [-0.39, 0.29) is 0 Å². The lowest BCUT2D eigenvalue weighted by Crippen LogP contribution is -2.13. The molecule has 0 aliphatic heterocycles. The summed E-state index contributed by atoms with van der Waals surface area (Å²) in [4.78, 5) is 3.13. The molecule has 0 spiro atoms. The van der Waals surface area contributed by atoms with Gasteiger partial charge >= 0.3 is 0 Å². The Balaban J connectivity index is 2.21. The summed E-state index contributed by atoms with van der Waals surface area (Å²) in [5.41, 5.74) is 10.2. The topological polar surface area (TPSA) is 38.0 Å². The Morgan fingerprint density at radius 3 is 2.58 bits per heavy atom. The molecule has 0 unspecified atom stereocenters. The summed E-state index contributed by atoms with van der Waals surface area (Å²) in [5.74, 6) is 0. The standard InChI is InChI=1S/C15H18N2S2/c1-9-5-4-6-13(15(16)18)14(9)17-8-12-7-10(2)11(3)19-12/h4-7,17H,8H2,1-3H3,(H2,16,18). The lowest BCUT2D eigenvalue weighted by Gasteiger charge is -2.13. The van der Waals surface area contributed by atoms with Crippen molar-refractivity contribution in [1.29, 1.82) is 0 Å². The minimum atomic E-state index is 0.435. The molecule has 1 heterocycles. The zero-order chi connectivity index (χ0) is 14.0. The number of nitrogens with one attached hydrogen (secondary N) is 1. The predicted molar refractivity (Wildman–Crippen MR) is 88.2 cm³/mol. The van der Waals surface area contributed by atoms with E-state index in [1.807, 2.05) is 23.5 Å². The van der Waals surface area contributed by atoms with Crippen LogP contribution in [-0.4, -0.2) is 4.99 Å².